The van der Waals surface area contributed by atoms with Crippen LogP contribution in [0.5, 0.6) is 0 Å². The molecule has 16 heavy (non-hydrogen) atoms. The zero-order valence-corrected chi connectivity index (χ0v) is 9.14. The third-order valence-corrected chi connectivity index (χ3v) is 2.72. The third-order valence-electron chi connectivity index (χ3n) is 1.71. The SMILES string of the molecule is Cn1nc(-c2ccon2)nc1SCC(=O)O. The van der Waals surface area contributed by atoms with E-state index in [-0.39, 0.29) is 5.75 Å². The van der Waals surface area contributed by atoms with Crippen molar-refractivity contribution in [3.05, 3.63) is 12.3 Å². The molecule has 84 valence electrons. The van der Waals surface area contributed by atoms with Crippen LogP contribution in [0.3, 0.4) is 0 Å². The Morgan fingerprint density at radius 1 is 1.69 bits per heavy atom. The van der Waals surface area contributed by atoms with E-state index in [1.165, 1.54) is 10.9 Å². The normalized spacial score (nSPS) is 10.6. The van der Waals surface area contributed by atoms with E-state index in [0.717, 1.165) is 11.8 Å². The van der Waals surface area contributed by atoms with Crippen molar-refractivity contribution in [2.45, 2.75) is 5.16 Å². The maximum Gasteiger partial charge on any atom is 0.313 e. The van der Waals surface area contributed by atoms with Crippen molar-refractivity contribution in [1.82, 2.24) is 19.9 Å². The molecule has 0 aromatic carbocycles. The van der Waals surface area contributed by atoms with Gasteiger partial charge in [-0.25, -0.2) is 4.68 Å². The molecule has 2 heterocycles. The summed E-state index contributed by atoms with van der Waals surface area (Å²) in [7, 11) is 1.70. The molecule has 0 amide bonds. The Balaban J connectivity index is 2.19. The van der Waals surface area contributed by atoms with Gasteiger partial charge in [0.2, 0.25) is 5.82 Å². The van der Waals surface area contributed by atoms with E-state index in [4.69, 9.17) is 5.11 Å². The van der Waals surface area contributed by atoms with Crippen molar-refractivity contribution in [2.75, 3.05) is 5.75 Å². The summed E-state index contributed by atoms with van der Waals surface area (Å²) in [5.74, 6) is -0.523. The number of aromatic nitrogens is 4. The Morgan fingerprint density at radius 2 is 2.50 bits per heavy atom. The van der Waals surface area contributed by atoms with Gasteiger partial charge in [-0.05, 0) is 0 Å². The molecule has 0 saturated heterocycles. The average Bonchev–Trinajstić information content (AvgIpc) is 2.83. The number of carbonyl (C=O) groups is 1. The van der Waals surface area contributed by atoms with Crippen molar-refractivity contribution >= 4 is 17.7 Å². The van der Waals surface area contributed by atoms with Crippen LogP contribution in [-0.4, -0.2) is 36.7 Å². The maximum atomic E-state index is 10.4. The summed E-state index contributed by atoms with van der Waals surface area (Å²) >= 11 is 1.10. The molecule has 0 aliphatic carbocycles. The van der Waals surface area contributed by atoms with Gasteiger partial charge in [-0.2, -0.15) is 4.98 Å². The van der Waals surface area contributed by atoms with Gasteiger partial charge in [0, 0.05) is 13.1 Å². The molecular weight excluding hydrogens is 232 g/mol. The van der Waals surface area contributed by atoms with Gasteiger partial charge in [0.15, 0.2) is 10.9 Å². The van der Waals surface area contributed by atoms with Gasteiger partial charge in [-0.15, -0.1) is 5.10 Å². The van der Waals surface area contributed by atoms with E-state index < -0.39 is 5.97 Å². The highest BCUT2D eigenvalue weighted by Crippen LogP contribution is 2.19. The molecule has 0 fully saturated rings. The second-order valence-corrected chi connectivity index (χ2v) is 3.85. The summed E-state index contributed by atoms with van der Waals surface area (Å²) < 4.78 is 6.19. The van der Waals surface area contributed by atoms with Gasteiger partial charge in [0.05, 0.1) is 5.75 Å². The maximum absolute atomic E-state index is 10.4. The summed E-state index contributed by atoms with van der Waals surface area (Å²) in [6.07, 6.45) is 1.43. The van der Waals surface area contributed by atoms with Crippen molar-refractivity contribution < 1.29 is 14.4 Å². The van der Waals surface area contributed by atoms with Crippen LogP contribution < -0.4 is 0 Å². The first-order chi connectivity index (χ1) is 7.66. The number of hydrogen-bond donors (Lipinski definition) is 1. The first-order valence-corrected chi connectivity index (χ1v) is 5.32. The molecule has 0 aliphatic rings. The topological polar surface area (TPSA) is 94.0 Å². The fourth-order valence-electron chi connectivity index (χ4n) is 1.06. The molecule has 0 spiro atoms. The molecule has 0 bridgehead atoms. The van der Waals surface area contributed by atoms with Gasteiger partial charge in [0.25, 0.3) is 0 Å². The zero-order chi connectivity index (χ0) is 11.5. The Morgan fingerprint density at radius 3 is 3.12 bits per heavy atom. The van der Waals surface area contributed by atoms with Crippen LogP contribution in [0.25, 0.3) is 11.5 Å². The molecular formula is C8H8N4O3S. The number of rotatable bonds is 4. The summed E-state index contributed by atoms with van der Waals surface area (Å²) in [6.45, 7) is 0. The monoisotopic (exact) mass is 240 g/mol. The summed E-state index contributed by atoms with van der Waals surface area (Å²) in [6, 6.07) is 1.64. The van der Waals surface area contributed by atoms with Crippen LogP contribution in [0.2, 0.25) is 0 Å². The first-order valence-electron chi connectivity index (χ1n) is 4.33. The summed E-state index contributed by atoms with van der Waals surface area (Å²) in [5, 5.41) is 16.9. The predicted molar refractivity (Wildman–Crippen MR) is 54.9 cm³/mol. The van der Waals surface area contributed by atoms with E-state index in [2.05, 4.69) is 19.8 Å². The van der Waals surface area contributed by atoms with Crippen LogP contribution in [0.4, 0.5) is 0 Å². The van der Waals surface area contributed by atoms with Crippen LogP contribution >= 0.6 is 11.8 Å². The largest absolute Gasteiger partial charge is 0.481 e. The van der Waals surface area contributed by atoms with E-state index in [0.29, 0.717) is 16.7 Å². The highest BCUT2D eigenvalue weighted by atomic mass is 32.2. The molecule has 2 aromatic heterocycles. The number of carboxylic acids is 1. The highest BCUT2D eigenvalue weighted by molar-refractivity contribution is 7.99. The lowest BCUT2D eigenvalue weighted by atomic mass is 10.4. The third kappa shape index (κ3) is 2.22. The Hall–Kier alpha value is -1.83. The van der Waals surface area contributed by atoms with Crippen LogP contribution in [-0.2, 0) is 11.8 Å². The minimum Gasteiger partial charge on any atom is -0.481 e. The Labute approximate surface area is 94.5 Å². The fraction of sp³-hybridized carbons (Fsp3) is 0.250. The molecule has 1 N–H and O–H groups in total. The lowest BCUT2D eigenvalue weighted by Gasteiger charge is -1.94. The van der Waals surface area contributed by atoms with E-state index in [1.54, 1.807) is 13.1 Å². The van der Waals surface area contributed by atoms with Crippen molar-refractivity contribution in [3.63, 3.8) is 0 Å². The Bertz CT molecular complexity index is 493. The van der Waals surface area contributed by atoms with Crippen molar-refractivity contribution in [1.29, 1.82) is 0 Å². The van der Waals surface area contributed by atoms with E-state index in [1.807, 2.05) is 0 Å². The number of aliphatic carboxylic acids is 1. The Kier molecular flexibility index (Phi) is 2.91. The van der Waals surface area contributed by atoms with Crippen LogP contribution in [0.1, 0.15) is 0 Å². The smallest absolute Gasteiger partial charge is 0.313 e. The van der Waals surface area contributed by atoms with Gasteiger partial charge in [0.1, 0.15) is 6.26 Å². The molecule has 2 aromatic rings. The number of aryl methyl sites for hydroxylation is 1. The van der Waals surface area contributed by atoms with Crippen molar-refractivity contribution in [3.8, 4) is 11.5 Å². The molecule has 0 radical (unpaired) electrons. The van der Waals surface area contributed by atoms with Gasteiger partial charge in [-0.1, -0.05) is 16.9 Å². The lowest BCUT2D eigenvalue weighted by molar-refractivity contribution is -0.133. The second-order valence-electron chi connectivity index (χ2n) is 2.91. The highest BCUT2D eigenvalue weighted by Gasteiger charge is 2.12. The fourth-order valence-corrected chi connectivity index (χ4v) is 1.69. The minimum absolute atomic E-state index is 0.0508. The quantitative estimate of drug-likeness (QED) is 0.784. The molecule has 0 saturated carbocycles. The average molecular weight is 240 g/mol. The first kappa shape index (κ1) is 10.7. The standard InChI is InChI=1S/C8H8N4O3S/c1-12-8(16-4-6(13)14)9-7(10-12)5-2-3-15-11-5/h2-3H,4H2,1H3,(H,13,14). The zero-order valence-electron chi connectivity index (χ0n) is 8.32. The number of nitrogens with zero attached hydrogens (tertiary/aromatic N) is 4. The number of carboxylic acid groups (broad SMARTS) is 1. The minimum atomic E-state index is -0.893. The number of thioether (sulfide) groups is 1. The molecule has 0 aliphatic heterocycles. The second kappa shape index (κ2) is 4.35. The van der Waals surface area contributed by atoms with Crippen molar-refractivity contribution in [2.24, 2.45) is 7.05 Å². The van der Waals surface area contributed by atoms with Crippen LogP contribution in [0, 0.1) is 0 Å². The van der Waals surface area contributed by atoms with Gasteiger partial charge in [-0.3, -0.25) is 4.79 Å². The number of hydrogen-bond acceptors (Lipinski definition) is 6. The molecule has 7 nitrogen and oxygen atoms in total. The molecule has 8 heteroatoms. The van der Waals surface area contributed by atoms with Crippen LogP contribution in [0.15, 0.2) is 22.0 Å². The molecule has 0 unspecified atom stereocenters. The lowest BCUT2D eigenvalue weighted by Crippen LogP contribution is -2.00. The molecule has 0 atom stereocenters. The van der Waals surface area contributed by atoms with E-state index >= 15 is 0 Å². The van der Waals surface area contributed by atoms with E-state index in [9.17, 15) is 4.79 Å². The predicted octanol–water partition coefficient (Wildman–Crippen LogP) is 0.647. The van der Waals surface area contributed by atoms with Gasteiger partial charge < -0.3 is 9.63 Å². The van der Waals surface area contributed by atoms with Gasteiger partial charge >= 0.3 is 5.97 Å². The molecule has 2 rings (SSSR count). The summed E-state index contributed by atoms with van der Waals surface area (Å²) in [5.41, 5.74) is 0.526. The summed E-state index contributed by atoms with van der Waals surface area (Å²) in [4.78, 5) is 14.6.